The minimum Gasteiger partial charge on any atom is -0.456 e. The summed E-state index contributed by atoms with van der Waals surface area (Å²) < 4.78 is 8.68. The minimum absolute atomic E-state index is 0.100. The molecule has 0 N–H and O–H groups in total. The van der Waals surface area contributed by atoms with Gasteiger partial charge < -0.3 is 9.30 Å². The summed E-state index contributed by atoms with van der Waals surface area (Å²) in [6, 6.07) is 19.0. The third kappa shape index (κ3) is 3.67. The normalized spacial score (nSPS) is 11.0. The second-order valence-corrected chi connectivity index (χ2v) is 6.78. The average Bonchev–Trinajstić information content (AvgIpc) is 3.27. The largest absolute Gasteiger partial charge is 0.456 e. The summed E-state index contributed by atoms with van der Waals surface area (Å²) in [5, 5.41) is 7.96. The monoisotopic (exact) mass is 388 g/mol. The molecule has 4 rings (SSSR count). The van der Waals surface area contributed by atoms with Gasteiger partial charge in [0, 0.05) is 22.6 Å². The number of aryl methyl sites for hydroxylation is 1. The van der Waals surface area contributed by atoms with Crippen LogP contribution in [0, 0.1) is 13.8 Å². The first kappa shape index (κ1) is 18.6. The van der Waals surface area contributed by atoms with Crippen molar-refractivity contribution >= 4 is 22.8 Å². The molecule has 2 aromatic heterocycles. The number of ketones is 1. The Balaban J connectivity index is 1.44. The zero-order chi connectivity index (χ0) is 20.4. The summed E-state index contributed by atoms with van der Waals surface area (Å²) in [5.74, 6) is -0.775. The van der Waals surface area contributed by atoms with E-state index in [9.17, 15) is 9.59 Å². The second-order valence-electron chi connectivity index (χ2n) is 6.78. The van der Waals surface area contributed by atoms with Crippen molar-refractivity contribution in [3.63, 3.8) is 0 Å². The molecule has 0 amide bonds. The number of rotatable bonds is 6. The van der Waals surface area contributed by atoms with E-state index < -0.39 is 5.97 Å². The zero-order valence-electron chi connectivity index (χ0n) is 16.2. The van der Waals surface area contributed by atoms with Gasteiger partial charge in [-0.05, 0) is 44.2 Å². The molecule has 146 valence electrons. The second kappa shape index (κ2) is 7.71. The lowest BCUT2D eigenvalue weighted by Gasteiger charge is -2.09. The molecule has 7 heteroatoms. The van der Waals surface area contributed by atoms with Crippen molar-refractivity contribution in [1.82, 2.24) is 19.6 Å². The highest BCUT2D eigenvalue weighted by Gasteiger charge is 2.18. The molecule has 4 aromatic rings. The van der Waals surface area contributed by atoms with Crippen LogP contribution in [0.5, 0.6) is 0 Å². The number of fused-ring (bicyclic) bond motifs is 1. The topological polar surface area (TPSA) is 79.0 Å². The van der Waals surface area contributed by atoms with Crippen LogP contribution in [0.1, 0.15) is 21.7 Å². The molecule has 0 aliphatic carbocycles. The Kier molecular flexibility index (Phi) is 4.95. The van der Waals surface area contributed by atoms with Gasteiger partial charge >= 0.3 is 5.97 Å². The lowest BCUT2D eigenvalue weighted by Crippen LogP contribution is -2.19. The summed E-state index contributed by atoms with van der Waals surface area (Å²) in [5.41, 5.74) is 4.73. The fraction of sp³-hybridized carbons (Fsp3) is 0.182. The van der Waals surface area contributed by atoms with Crippen molar-refractivity contribution < 1.29 is 14.3 Å². The molecule has 0 radical (unpaired) electrons. The van der Waals surface area contributed by atoms with Crippen molar-refractivity contribution in [3.8, 4) is 5.69 Å². The molecule has 7 nitrogen and oxygen atoms in total. The standard InChI is InChI=1S/C22H20N4O3/c1-15-12-18(16(2)26(15)17-8-4-3-5-9-17)21(27)14-29-22(28)13-25-20-11-7-6-10-19(20)23-24-25/h3-12H,13-14H2,1-2H3. The van der Waals surface area contributed by atoms with E-state index in [-0.39, 0.29) is 18.9 Å². The molecule has 0 saturated heterocycles. The number of carbonyl (C=O) groups excluding carboxylic acids is 2. The van der Waals surface area contributed by atoms with Crippen molar-refractivity contribution in [2.24, 2.45) is 0 Å². The first-order valence-electron chi connectivity index (χ1n) is 9.26. The molecular weight excluding hydrogens is 368 g/mol. The van der Waals surface area contributed by atoms with E-state index in [0.717, 1.165) is 22.6 Å². The number of ether oxygens (including phenoxy) is 1. The fourth-order valence-electron chi connectivity index (χ4n) is 3.45. The van der Waals surface area contributed by atoms with Gasteiger partial charge in [-0.1, -0.05) is 35.5 Å². The van der Waals surface area contributed by atoms with Gasteiger partial charge in [0.1, 0.15) is 12.1 Å². The maximum absolute atomic E-state index is 12.7. The third-order valence-electron chi connectivity index (χ3n) is 4.81. The van der Waals surface area contributed by atoms with Crippen molar-refractivity contribution in [2.75, 3.05) is 6.61 Å². The Hall–Kier alpha value is -3.74. The molecule has 0 bridgehead atoms. The van der Waals surface area contributed by atoms with Gasteiger partial charge in [-0.15, -0.1) is 5.10 Å². The quantitative estimate of drug-likeness (QED) is 0.374. The van der Waals surface area contributed by atoms with Crippen LogP contribution >= 0.6 is 0 Å². The maximum atomic E-state index is 12.7. The Labute approximate surface area is 167 Å². The van der Waals surface area contributed by atoms with E-state index in [1.165, 1.54) is 4.68 Å². The molecule has 0 fully saturated rings. The number of benzene rings is 2. The molecule has 0 spiro atoms. The predicted molar refractivity (Wildman–Crippen MR) is 108 cm³/mol. The summed E-state index contributed by atoms with van der Waals surface area (Å²) in [4.78, 5) is 24.9. The fourth-order valence-corrected chi connectivity index (χ4v) is 3.45. The molecule has 0 unspecified atom stereocenters. The van der Waals surface area contributed by atoms with Crippen LogP contribution in [-0.4, -0.2) is 37.9 Å². The average molecular weight is 388 g/mol. The number of carbonyl (C=O) groups is 2. The van der Waals surface area contributed by atoms with Crippen molar-refractivity contribution in [3.05, 3.63) is 77.6 Å². The van der Waals surface area contributed by atoms with Gasteiger partial charge in [-0.25, -0.2) is 4.68 Å². The van der Waals surface area contributed by atoms with Crippen LogP contribution in [0.4, 0.5) is 0 Å². The first-order valence-corrected chi connectivity index (χ1v) is 9.26. The highest BCUT2D eigenvalue weighted by atomic mass is 16.5. The molecular formula is C22H20N4O3. The van der Waals surface area contributed by atoms with Gasteiger partial charge in [0.25, 0.3) is 0 Å². The minimum atomic E-state index is -0.536. The number of Topliss-reactive ketones (excluding diaryl/α,β-unsaturated/α-hetero) is 1. The zero-order valence-corrected chi connectivity index (χ0v) is 16.2. The van der Waals surface area contributed by atoms with Crippen LogP contribution < -0.4 is 0 Å². The Morgan fingerprint density at radius 2 is 1.72 bits per heavy atom. The number of hydrogen-bond donors (Lipinski definition) is 0. The molecule has 0 atom stereocenters. The number of hydrogen-bond acceptors (Lipinski definition) is 5. The van der Waals surface area contributed by atoms with Gasteiger partial charge in [0.05, 0.1) is 5.52 Å². The van der Waals surface area contributed by atoms with E-state index in [1.807, 2.05) is 79.1 Å². The maximum Gasteiger partial charge on any atom is 0.328 e. The molecule has 29 heavy (non-hydrogen) atoms. The van der Waals surface area contributed by atoms with E-state index in [1.54, 1.807) is 0 Å². The Bertz CT molecular complexity index is 1190. The molecule has 0 aliphatic rings. The van der Waals surface area contributed by atoms with E-state index in [2.05, 4.69) is 10.3 Å². The predicted octanol–water partition coefficient (Wildman–Crippen LogP) is 3.26. The summed E-state index contributed by atoms with van der Waals surface area (Å²) in [7, 11) is 0. The van der Waals surface area contributed by atoms with Crippen molar-refractivity contribution in [1.29, 1.82) is 0 Å². The number of aromatic nitrogens is 4. The van der Waals surface area contributed by atoms with Crippen LogP contribution in [-0.2, 0) is 16.1 Å². The first-order chi connectivity index (χ1) is 14.0. The van der Waals surface area contributed by atoms with E-state index in [0.29, 0.717) is 11.1 Å². The molecule has 2 aromatic carbocycles. The highest BCUT2D eigenvalue weighted by molar-refractivity contribution is 5.99. The lowest BCUT2D eigenvalue weighted by atomic mass is 10.1. The van der Waals surface area contributed by atoms with Crippen LogP contribution in [0.25, 0.3) is 16.7 Å². The number of nitrogens with zero attached hydrogens (tertiary/aromatic N) is 4. The smallest absolute Gasteiger partial charge is 0.328 e. The molecule has 0 saturated carbocycles. The number of para-hydroxylation sites is 2. The van der Waals surface area contributed by atoms with Crippen LogP contribution in [0.2, 0.25) is 0 Å². The lowest BCUT2D eigenvalue weighted by molar-refractivity contribution is -0.143. The van der Waals surface area contributed by atoms with Crippen molar-refractivity contribution in [2.45, 2.75) is 20.4 Å². The van der Waals surface area contributed by atoms with Crippen LogP contribution in [0.15, 0.2) is 60.7 Å². The number of esters is 1. The molecule has 2 heterocycles. The van der Waals surface area contributed by atoms with Crippen LogP contribution in [0.3, 0.4) is 0 Å². The van der Waals surface area contributed by atoms with Gasteiger partial charge in [0.15, 0.2) is 6.61 Å². The van der Waals surface area contributed by atoms with E-state index >= 15 is 0 Å². The summed E-state index contributed by atoms with van der Waals surface area (Å²) in [6.07, 6.45) is 0. The molecule has 0 aliphatic heterocycles. The summed E-state index contributed by atoms with van der Waals surface area (Å²) in [6.45, 7) is 3.41. The van der Waals surface area contributed by atoms with E-state index in [4.69, 9.17) is 4.74 Å². The Morgan fingerprint density at radius 3 is 2.52 bits per heavy atom. The van der Waals surface area contributed by atoms with Gasteiger partial charge in [-0.3, -0.25) is 9.59 Å². The third-order valence-corrected chi connectivity index (χ3v) is 4.81. The Morgan fingerprint density at radius 1 is 1.00 bits per heavy atom. The summed E-state index contributed by atoms with van der Waals surface area (Å²) >= 11 is 0. The highest BCUT2D eigenvalue weighted by Crippen LogP contribution is 2.21. The van der Waals surface area contributed by atoms with Gasteiger partial charge in [0.2, 0.25) is 5.78 Å². The SMILES string of the molecule is Cc1cc(C(=O)COC(=O)Cn2nnc3ccccc32)c(C)n1-c1ccccc1. The van der Waals surface area contributed by atoms with Gasteiger partial charge in [-0.2, -0.15) is 0 Å².